The lowest BCUT2D eigenvalue weighted by Crippen LogP contribution is -2.37. The van der Waals surface area contributed by atoms with Gasteiger partial charge in [0.2, 0.25) is 11.8 Å². The standard InChI is InChI=1S/C10H18N2O2/c1-3-8(2)10(14)12-6-4-9(13)11-5-7-12/h8H,3-7H2,1-2H3,(H,11,13). The Morgan fingerprint density at radius 1 is 1.57 bits per heavy atom. The quantitative estimate of drug-likeness (QED) is 0.697. The Morgan fingerprint density at radius 3 is 2.93 bits per heavy atom. The molecule has 1 unspecified atom stereocenters. The summed E-state index contributed by atoms with van der Waals surface area (Å²) in [6.45, 7) is 5.73. The van der Waals surface area contributed by atoms with Crippen molar-refractivity contribution in [1.29, 1.82) is 0 Å². The molecule has 0 bridgehead atoms. The molecule has 0 aliphatic carbocycles. The molecule has 1 atom stereocenters. The van der Waals surface area contributed by atoms with Crippen LogP contribution in [0.2, 0.25) is 0 Å². The molecule has 2 amide bonds. The second-order valence-electron chi connectivity index (χ2n) is 3.73. The molecule has 0 saturated carbocycles. The van der Waals surface area contributed by atoms with Gasteiger partial charge in [0.25, 0.3) is 0 Å². The summed E-state index contributed by atoms with van der Waals surface area (Å²) in [5.74, 6) is 0.289. The minimum atomic E-state index is 0.0458. The summed E-state index contributed by atoms with van der Waals surface area (Å²) in [5.41, 5.74) is 0. The van der Waals surface area contributed by atoms with Crippen LogP contribution in [0.3, 0.4) is 0 Å². The number of carbonyl (C=O) groups excluding carboxylic acids is 2. The van der Waals surface area contributed by atoms with Gasteiger partial charge in [-0.1, -0.05) is 13.8 Å². The fourth-order valence-corrected chi connectivity index (χ4v) is 1.47. The molecule has 14 heavy (non-hydrogen) atoms. The molecular weight excluding hydrogens is 180 g/mol. The van der Waals surface area contributed by atoms with E-state index in [1.54, 1.807) is 4.90 Å². The normalized spacial score (nSPS) is 19.9. The van der Waals surface area contributed by atoms with Crippen molar-refractivity contribution in [2.75, 3.05) is 19.6 Å². The first-order valence-corrected chi connectivity index (χ1v) is 5.20. The Balaban J connectivity index is 2.51. The molecular formula is C10H18N2O2. The van der Waals surface area contributed by atoms with Gasteiger partial charge in [-0.15, -0.1) is 0 Å². The zero-order chi connectivity index (χ0) is 10.6. The topological polar surface area (TPSA) is 49.4 Å². The third-order valence-electron chi connectivity index (χ3n) is 2.66. The van der Waals surface area contributed by atoms with Gasteiger partial charge in [-0.3, -0.25) is 9.59 Å². The van der Waals surface area contributed by atoms with E-state index in [4.69, 9.17) is 0 Å². The van der Waals surface area contributed by atoms with Gasteiger partial charge in [0, 0.05) is 32.0 Å². The van der Waals surface area contributed by atoms with E-state index in [-0.39, 0.29) is 17.7 Å². The average molecular weight is 198 g/mol. The van der Waals surface area contributed by atoms with Crippen LogP contribution in [0, 0.1) is 5.92 Å². The van der Waals surface area contributed by atoms with Crippen molar-refractivity contribution in [2.24, 2.45) is 5.92 Å². The first-order valence-electron chi connectivity index (χ1n) is 5.20. The molecule has 0 aromatic carbocycles. The first-order chi connectivity index (χ1) is 6.65. The first kappa shape index (κ1) is 11.0. The summed E-state index contributed by atoms with van der Waals surface area (Å²) >= 11 is 0. The summed E-state index contributed by atoms with van der Waals surface area (Å²) in [5, 5.41) is 2.75. The van der Waals surface area contributed by atoms with Crippen LogP contribution in [0.15, 0.2) is 0 Å². The monoisotopic (exact) mass is 198 g/mol. The zero-order valence-electron chi connectivity index (χ0n) is 8.88. The summed E-state index contributed by atoms with van der Waals surface area (Å²) in [6, 6.07) is 0. The minimum absolute atomic E-state index is 0.0458. The van der Waals surface area contributed by atoms with E-state index < -0.39 is 0 Å². The van der Waals surface area contributed by atoms with Crippen LogP contribution >= 0.6 is 0 Å². The second-order valence-corrected chi connectivity index (χ2v) is 3.73. The number of hydrogen-bond donors (Lipinski definition) is 1. The lowest BCUT2D eigenvalue weighted by Gasteiger charge is -2.22. The van der Waals surface area contributed by atoms with Crippen LogP contribution < -0.4 is 5.32 Å². The van der Waals surface area contributed by atoms with Gasteiger partial charge in [-0.2, -0.15) is 0 Å². The lowest BCUT2D eigenvalue weighted by atomic mass is 10.1. The van der Waals surface area contributed by atoms with Crippen molar-refractivity contribution in [3.05, 3.63) is 0 Å². The van der Waals surface area contributed by atoms with Crippen LogP contribution in [-0.2, 0) is 9.59 Å². The SMILES string of the molecule is CCC(C)C(=O)N1CCNC(=O)CC1. The Morgan fingerprint density at radius 2 is 2.29 bits per heavy atom. The summed E-state index contributed by atoms with van der Waals surface area (Å²) in [4.78, 5) is 24.6. The third-order valence-corrected chi connectivity index (χ3v) is 2.66. The maximum absolute atomic E-state index is 11.8. The van der Waals surface area contributed by atoms with E-state index in [2.05, 4.69) is 5.32 Å². The van der Waals surface area contributed by atoms with Crippen molar-refractivity contribution in [1.82, 2.24) is 10.2 Å². The molecule has 4 heteroatoms. The number of rotatable bonds is 2. The fourth-order valence-electron chi connectivity index (χ4n) is 1.47. The van der Waals surface area contributed by atoms with Crippen LogP contribution in [0.25, 0.3) is 0 Å². The van der Waals surface area contributed by atoms with Gasteiger partial charge in [0.05, 0.1) is 0 Å². The number of nitrogens with one attached hydrogen (secondary N) is 1. The highest BCUT2D eigenvalue weighted by Crippen LogP contribution is 2.08. The Labute approximate surface area is 84.7 Å². The summed E-state index contributed by atoms with van der Waals surface area (Å²) in [6.07, 6.45) is 1.29. The van der Waals surface area contributed by atoms with Crippen LogP contribution in [0.1, 0.15) is 26.7 Å². The van der Waals surface area contributed by atoms with Gasteiger partial charge in [-0.05, 0) is 6.42 Å². The summed E-state index contributed by atoms with van der Waals surface area (Å²) < 4.78 is 0. The number of hydrogen-bond acceptors (Lipinski definition) is 2. The molecule has 1 heterocycles. The highest BCUT2D eigenvalue weighted by Gasteiger charge is 2.21. The minimum Gasteiger partial charge on any atom is -0.354 e. The van der Waals surface area contributed by atoms with Gasteiger partial charge < -0.3 is 10.2 Å². The van der Waals surface area contributed by atoms with Gasteiger partial charge in [0.15, 0.2) is 0 Å². The van der Waals surface area contributed by atoms with Crippen LogP contribution in [0.4, 0.5) is 0 Å². The number of nitrogens with zero attached hydrogens (tertiary/aromatic N) is 1. The van der Waals surface area contributed by atoms with Crippen molar-refractivity contribution >= 4 is 11.8 Å². The molecule has 0 aromatic rings. The maximum Gasteiger partial charge on any atom is 0.225 e. The van der Waals surface area contributed by atoms with E-state index >= 15 is 0 Å². The number of amides is 2. The molecule has 1 fully saturated rings. The predicted molar refractivity (Wildman–Crippen MR) is 53.7 cm³/mol. The van der Waals surface area contributed by atoms with Crippen molar-refractivity contribution in [2.45, 2.75) is 26.7 Å². The maximum atomic E-state index is 11.8. The Kier molecular flexibility index (Phi) is 3.92. The molecule has 4 nitrogen and oxygen atoms in total. The molecule has 1 saturated heterocycles. The third kappa shape index (κ3) is 2.72. The molecule has 1 rings (SSSR count). The van der Waals surface area contributed by atoms with E-state index in [1.807, 2.05) is 13.8 Å². The molecule has 1 N–H and O–H groups in total. The Hall–Kier alpha value is -1.06. The molecule has 1 aliphatic rings. The van der Waals surface area contributed by atoms with Crippen LogP contribution in [0.5, 0.6) is 0 Å². The smallest absolute Gasteiger partial charge is 0.225 e. The molecule has 0 spiro atoms. The van der Waals surface area contributed by atoms with Gasteiger partial charge in [0.1, 0.15) is 0 Å². The summed E-state index contributed by atoms with van der Waals surface area (Å²) in [7, 11) is 0. The molecule has 0 aromatic heterocycles. The fraction of sp³-hybridized carbons (Fsp3) is 0.800. The Bertz CT molecular complexity index is 228. The zero-order valence-corrected chi connectivity index (χ0v) is 8.88. The highest BCUT2D eigenvalue weighted by atomic mass is 16.2. The molecule has 0 radical (unpaired) electrons. The number of carbonyl (C=O) groups is 2. The second kappa shape index (κ2) is 4.98. The van der Waals surface area contributed by atoms with Crippen molar-refractivity contribution < 1.29 is 9.59 Å². The van der Waals surface area contributed by atoms with E-state index in [0.29, 0.717) is 26.1 Å². The average Bonchev–Trinajstić information content (AvgIpc) is 2.40. The van der Waals surface area contributed by atoms with Crippen LogP contribution in [-0.4, -0.2) is 36.3 Å². The van der Waals surface area contributed by atoms with Gasteiger partial charge in [-0.25, -0.2) is 0 Å². The van der Waals surface area contributed by atoms with E-state index in [1.165, 1.54) is 0 Å². The predicted octanol–water partition coefficient (Wildman–Crippen LogP) is 0.381. The van der Waals surface area contributed by atoms with Gasteiger partial charge >= 0.3 is 0 Å². The van der Waals surface area contributed by atoms with E-state index in [9.17, 15) is 9.59 Å². The van der Waals surface area contributed by atoms with Crippen molar-refractivity contribution in [3.8, 4) is 0 Å². The van der Waals surface area contributed by atoms with E-state index in [0.717, 1.165) is 6.42 Å². The lowest BCUT2D eigenvalue weighted by molar-refractivity contribution is -0.134. The largest absolute Gasteiger partial charge is 0.354 e. The molecule has 1 aliphatic heterocycles. The highest BCUT2D eigenvalue weighted by molar-refractivity contribution is 5.81. The van der Waals surface area contributed by atoms with Crippen molar-refractivity contribution in [3.63, 3.8) is 0 Å². The molecule has 80 valence electrons.